The third kappa shape index (κ3) is 5.12. The zero-order valence-electron chi connectivity index (χ0n) is 11.0. The van der Waals surface area contributed by atoms with E-state index in [1.807, 2.05) is 18.2 Å². The van der Waals surface area contributed by atoms with Crippen molar-refractivity contribution >= 4 is 27.5 Å². The average Bonchev–Trinajstić information content (AvgIpc) is 2.46. The Morgan fingerprint density at radius 1 is 1.25 bits per heavy atom. The van der Waals surface area contributed by atoms with Gasteiger partial charge in [0.25, 0.3) is 0 Å². The highest BCUT2D eigenvalue weighted by molar-refractivity contribution is 9.10. The molecule has 20 heavy (non-hydrogen) atoms. The van der Waals surface area contributed by atoms with Gasteiger partial charge in [0.2, 0.25) is 5.88 Å². The number of aromatic nitrogens is 1. The number of nitrogens with zero attached hydrogens (tertiary/aromatic N) is 1. The molecular formula is C15H16BrClN2O. The van der Waals surface area contributed by atoms with Crippen LogP contribution < -0.4 is 10.1 Å². The minimum absolute atomic E-state index is 0.581. The highest BCUT2D eigenvalue weighted by atomic mass is 79.9. The number of nitrogens with one attached hydrogen (secondary N) is 1. The minimum Gasteiger partial charge on any atom is -0.477 e. The van der Waals surface area contributed by atoms with Crippen molar-refractivity contribution in [1.82, 2.24) is 10.3 Å². The quantitative estimate of drug-likeness (QED) is 0.761. The van der Waals surface area contributed by atoms with Crippen LogP contribution in [0.1, 0.15) is 12.0 Å². The standard InChI is InChI=1S/C15H16BrClN2O/c16-14-9-13(17)11-19-15(14)20-8-4-7-18-10-12-5-2-1-3-6-12/h1-3,5-6,9,11,18H,4,7-8,10H2. The van der Waals surface area contributed by atoms with Crippen molar-refractivity contribution in [2.45, 2.75) is 13.0 Å². The molecule has 1 N–H and O–H groups in total. The summed E-state index contributed by atoms with van der Waals surface area (Å²) < 4.78 is 6.37. The highest BCUT2D eigenvalue weighted by Crippen LogP contribution is 2.24. The molecule has 1 aromatic carbocycles. The van der Waals surface area contributed by atoms with Gasteiger partial charge in [-0.25, -0.2) is 4.98 Å². The molecule has 0 amide bonds. The second-order valence-corrected chi connectivity index (χ2v) is 5.60. The molecule has 2 aromatic rings. The Bertz CT molecular complexity index is 537. The van der Waals surface area contributed by atoms with E-state index in [1.54, 1.807) is 12.3 Å². The lowest BCUT2D eigenvalue weighted by molar-refractivity contribution is 0.295. The summed E-state index contributed by atoms with van der Waals surface area (Å²) in [4.78, 5) is 4.12. The molecular weight excluding hydrogens is 340 g/mol. The Morgan fingerprint density at radius 2 is 2.05 bits per heavy atom. The highest BCUT2D eigenvalue weighted by Gasteiger charge is 2.03. The molecule has 0 atom stereocenters. The fourth-order valence-electron chi connectivity index (χ4n) is 1.70. The molecule has 0 aliphatic carbocycles. The number of hydrogen-bond acceptors (Lipinski definition) is 3. The van der Waals surface area contributed by atoms with Gasteiger partial charge in [0.1, 0.15) is 0 Å². The van der Waals surface area contributed by atoms with Gasteiger partial charge in [0.15, 0.2) is 0 Å². The Balaban J connectivity index is 1.62. The normalized spacial score (nSPS) is 10.5. The van der Waals surface area contributed by atoms with Crippen molar-refractivity contribution in [2.75, 3.05) is 13.2 Å². The molecule has 5 heteroatoms. The summed E-state index contributed by atoms with van der Waals surface area (Å²) in [5.41, 5.74) is 1.29. The molecule has 1 aromatic heterocycles. The molecule has 0 radical (unpaired) electrons. The second kappa shape index (κ2) is 8.25. The molecule has 0 aliphatic heterocycles. The van der Waals surface area contributed by atoms with Crippen LogP contribution in [0.2, 0.25) is 5.02 Å². The Hall–Kier alpha value is -1.10. The first-order valence-electron chi connectivity index (χ1n) is 6.44. The summed E-state index contributed by atoms with van der Waals surface area (Å²) >= 11 is 9.19. The first-order valence-corrected chi connectivity index (χ1v) is 7.61. The lowest BCUT2D eigenvalue weighted by Gasteiger charge is -2.08. The number of ether oxygens (including phenoxy) is 1. The van der Waals surface area contributed by atoms with E-state index in [0.717, 1.165) is 24.0 Å². The van der Waals surface area contributed by atoms with E-state index in [2.05, 4.69) is 38.4 Å². The maximum atomic E-state index is 5.82. The van der Waals surface area contributed by atoms with E-state index >= 15 is 0 Å². The van der Waals surface area contributed by atoms with Crippen LogP contribution >= 0.6 is 27.5 Å². The first kappa shape index (κ1) is 15.3. The summed E-state index contributed by atoms with van der Waals surface area (Å²) in [6.07, 6.45) is 2.50. The van der Waals surface area contributed by atoms with E-state index in [1.165, 1.54) is 5.56 Å². The van der Waals surface area contributed by atoms with Gasteiger partial charge >= 0.3 is 0 Å². The van der Waals surface area contributed by atoms with Crippen molar-refractivity contribution < 1.29 is 4.74 Å². The zero-order chi connectivity index (χ0) is 14.2. The fourth-order valence-corrected chi connectivity index (χ4v) is 2.46. The van der Waals surface area contributed by atoms with Crippen LogP contribution in [0, 0.1) is 0 Å². The molecule has 0 unspecified atom stereocenters. The SMILES string of the molecule is Clc1cnc(OCCCNCc2ccccc2)c(Br)c1. The van der Waals surface area contributed by atoms with Crippen molar-refractivity contribution in [3.8, 4) is 5.88 Å². The topological polar surface area (TPSA) is 34.1 Å². The molecule has 0 fully saturated rings. The molecule has 0 saturated carbocycles. The smallest absolute Gasteiger partial charge is 0.228 e. The summed E-state index contributed by atoms with van der Waals surface area (Å²) in [6.45, 7) is 2.40. The maximum Gasteiger partial charge on any atom is 0.228 e. The van der Waals surface area contributed by atoms with Crippen molar-refractivity contribution in [1.29, 1.82) is 0 Å². The Labute approximate surface area is 132 Å². The second-order valence-electron chi connectivity index (χ2n) is 4.30. The van der Waals surface area contributed by atoms with Crippen molar-refractivity contribution in [2.24, 2.45) is 0 Å². The molecule has 0 spiro atoms. The number of pyridine rings is 1. The van der Waals surface area contributed by atoms with E-state index < -0.39 is 0 Å². The molecule has 1 heterocycles. The van der Waals surface area contributed by atoms with Gasteiger partial charge in [0.05, 0.1) is 16.1 Å². The Morgan fingerprint density at radius 3 is 2.80 bits per heavy atom. The zero-order valence-corrected chi connectivity index (χ0v) is 13.3. The van der Waals surface area contributed by atoms with Crippen molar-refractivity contribution in [3.05, 3.63) is 57.7 Å². The fraction of sp³-hybridized carbons (Fsp3) is 0.267. The van der Waals surface area contributed by atoms with Gasteiger partial charge < -0.3 is 10.1 Å². The predicted octanol–water partition coefficient (Wildman–Crippen LogP) is 4.06. The number of benzene rings is 1. The number of rotatable bonds is 7. The Kier molecular flexibility index (Phi) is 6.30. The molecule has 3 nitrogen and oxygen atoms in total. The molecule has 106 valence electrons. The third-order valence-corrected chi connectivity index (χ3v) is 3.46. The van der Waals surface area contributed by atoms with Crippen LogP contribution in [-0.4, -0.2) is 18.1 Å². The summed E-state index contributed by atoms with van der Waals surface area (Å²) in [6, 6.07) is 12.1. The number of hydrogen-bond donors (Lipinski definition) is 1. The van der Waals surface area contributed by atoms with E-state index in [-0.39, 0.29) is 0 Å². The van der Waals surface area contributed by atoms with Crippen LogP contribution in [0.5, 0.6) is 5.88 Å². The molecule has 0 aliphatic rings. The van der Waals surface area contributed by atoms with E-state index in [4.69, 9.17) is 16.3 Å². The predicted molar refractivity (Wildman–Crippen MR) is 85.2 cm³/mol. The van der Waals surface area contributed by atoms with Crippen LogP contribution in [0.15, 0.2) is 47.1 Å². The third-order valence-electron chi connectivity index (χ3n) is 2.68. The summed E-state index contributed by atoms with van der Waals surface area (Å²) in [7, 11) is 0. The lowest BCUT2D eigenvalue weighted by atomic mass is 10.2. The maximum absolute atomic E-state index is 5.82. The van der Waals surface area contributed by atoms with Crippen LogP contribution in [0.25, 0.3) is 0 Å². The van der Waals surface area contributed by atoms with Gasteiger partial charge in [-0.15, -0.1) is 0 Å². The van der Waals surface area contributed by atoms with Crippen LogP contribution in [0.3, 0.4) is 0 Å². The van der Waals surface area contributed by atoms with E-state index in [0.29, 0.717) is 17.5 Å². The number of halogens is 2. The van der Waals surface area contributed by atoms with Gasteiger partial charge in [0, 0.05) is 12.7 Å². The van der Waals surface area contributed by atoms with Crippen molar-refractivity contribution in [3.63, 3.8) is 0 Å². The average molecular weight is 356 g/mol. The van der Waals surface area contributed by atoms with Gasteiger partial charge in [-0.1, -0.05) is 41.9 Å². The monoisotopic (exact) mass is 354 g/mol. The summed E-state index contributed by atoms with van der Waals surface area (Å²) in [5, 5.41) is 3.97. The lowest BCUT2D eigenvalue weighted by Crippen LogP contribution is -2.17. The van der Waals surface area contributed by atoms with Crippen LogP contribution in [-0.2, 0) is 6.54 Å². The van der Waals surface area contributed by atoms with Gasteiger partial charge in [-0.05, 0) is 40.5 Å². The first-order chi connectivity index (χ1) is 9.75. The minimum atomic E-state index is 0.581. The van der Waals surface area contributed by atoms with Crippen LogP contribution in [0.4, 0.5) is 0 Å². The summed E-state index contributed by atoms with van der Waals surface area (Å²) in [5.74, 6) is 0.581. The van der Waals surface area contributed by atoms with Gasteiger partial charge in [-0.3, -0.25) is 0 Å². The molecule has 0 bridgehead atoms. The van der Waals surface area contributed by atoms with Gasteiger partial charge in [-0.2, -0.15) is 0 Å². The molecule has 0 saturated heterocycles. The molecule has 2 rings (SSSR count). The van der Waals surface area contributed by atoms with E-state index in [9.17, 15) is 0 Å². The largest absolute Gasteiger partial charge is 0.477 e.